The molecular formula is C21H27ClN2O2. The van der Waals surface area contributed by atoms with Crippen molar-refractivity contribution in [1.29, 1.82) is 0 Å². The van der Waals surface area contributed by atoms with E-state index in [1.807, 2.05) is 12.1 Å². The van der Waals surface area contributed by atoms with E-state index in [1.54, 1.807) is 12.3 Å². The molecule has 1 aromatic carbocycles. The molecule has 0 saturated heterocycles. The van der Waals surface area contributed by atoms with E-state index in [0.29, 0.717) is 27.7 Å². The lowest BCUT2D eigenvalue weighted by atomic mass is 9.76. The van der Waals surface area contributed by atoms with Gasteiger partial charge in [0.1, 0.15) is 5.75 Å². The van der Waals surface area contributed by atoms with Gasteiger partial charge in [0.15, 0.2) is 0 Å². The Bertz CT molecular complexity index is 849. The van der Waals surface area contributed by atoms with Gasteiger partial charge in [0.2, 0.25) is 0 Å². The van der Waals surface area contributed by atoms with Crippen LogP contribution in [-0.4, -0.2) is 22.7 Å². The van der Waals surface area contributed by atoms with Crippen molar-refractivity contribution < 1.29 is 4.74 Å². The van der Waals surface area contributed by atoms with Gasteiger partial charge in [0.25, 0.3) is 5.56 Å². The van der Waals surface area contributed by atoms with Crippen LogP contribution in [0.15, 0.2) is 29.2 Å². The van der Waals surface area contributed by atoms with E-state index in [0.717, 1.165) is 37.0 Å². The zero-order valence-corrected chi connectivity index (χ0v) is 16.2. The third-order valence-electron chi connectivity index (χ3n) is 5.88. The zero-order valence-electron chi connectivity index (χ0n) is 15.5. The summed E-state index contributed by atoms with van der Waals surface area (Å²) in [7, 11) is 0. The van der Waals surface area contributed by atoms with Crippen molar-refractivity contribution in [2.75, 3.05) is 0 Å². The molecule has 2 N–H and O–H groups in total. The van der Waals surface area contributed by atoms with Crippen molar-refractivity contribution in [2.24, 2.45) is 5.92 Å². The predicted molar refractivity (Wildman–Crippen MR) is 106 cm³/mol. The molecule has 2 fully saturated rings. The molecule has 0 atom stereocenters. The number of H-pyrrole nitrogens is 1. The number of fused-ring (bicyclic) bond motifs is 1. The summed E-state index contributed by atoms with van der Waals surface area (Å²) in [5.41, 5.74) is 0.178. The summed E-state index contributed by atoms with van der Waals surface area (Å²) < 4.78 is 6.26. The fraction of sp³-hybridized carbons (Fsp3) is 0.571. The molecule has 5 heteroatoms. The topological polar surface area (TPSA) is 54.1 Å². The molecule has 26 heavy (non-hydrogen) atoms. The van der Waals surface area contributed by atoms with Crippen molar-refractivity contribution in [3.63, 3.8) is 0 Å². The molecule has 2 aliphatic carbocycles. The van der Waals surface area contributed by atoms with Gasteiger partial charge in [-0.15, -0.1) is 0 Å². The first-order chi connectivity index (χ1) is 12.5. The lowest BCUT2D eigenvalue weighted by Crippen LogP contribution is -2.53. The van der Waals surface area contributed by atoms with Gasteiger partial charge in [-0.1, -0.05) is 25.4 Å². The standard InChI is InChI=1S/C21H27ClN2O2/c1-13(2)24-21(15-3-4-15)8-5-16(6-9-21)26-19-11-14-7-10-23-20(25)17(14)12-18(19)22/h7,10-13,15-16,24H,3-6,8-9H2,1-2H3,(H,23,25). The first-order valence-electron chi connectivity index (χ1n) is 9.72. The molecule has 2 aromatic rings. The Balaban J connectivity index is 1.48. The Hall–Kier alpha value is -1.52. The Kier molecular flexibility index (Phi) is 4.74. The maximum Gasteiger partial charge on any atom is 0.255 e. The Morgan fingerprint density at radius 2 is 1.96 bits per heavy atom. The molecule has 1 aromatic heterocycles. The summed E-state index contributed by atoms with van der Waals surface area (Å²) in [6.45, 7) is 4.48. The summed E-state index contributed by atoms with van der Waals surface area (Å²) >= 11 is 6.39. The smallest absolute Gasteiger partial charge is 0.255 e. The molecule has 140 valence electrons. The SMILES string of the molecule is CC(C)NC1(C2CC2)CCC(Oc2cc3cc[nH]c(=O)c3cc2Cl)CC1. The van der Waals surface area contributed by atoms with Gasteiger partial charge in [0.05, 0.1) is 11.1 Å². The van der Waals surface area contributed by atoms with E-state index in [1.165, 1.54) is 12.8 Å². The fourth-order valence-corrected chi connectivity index (χ4v) is 4.77. The Labute approximate surface area is 159 Å². The second kappa shape index (κ2) is 6.90. The molecular weight excluding hydrogens is 348 g/mol. The third kappa shape index (κ3) is 3.49. The number of pyridine rings is 1. The molecule has 0 bridgehead atoms. The van der Waals surface area contributed by atoms with Crippen molar-refractivity contribution in [3.05, 3.63) is 39.8 Å². The van der Waals surface area contributed by atoms with Gasteiger partial charge in [-0.3, -0.25) is 4.79 Å². The van der Waals surface area contributed by atoms with Crippen LogP contribution in [0.4, 0.5) is 0 Å². The van der Waals surface area contributed by atoms with E-state index in [4.69, 9.17) is 16.3 Å². The number of benzene rings is 1. The number of halogens is 1. The van der Waals surface area contributed by atoms with E-state index in [2.05, 4.69) is 24.1 Å². The summed E-state index contributed by atoms with van der Waals surface area (Å²) in [5, 5.41) is 5.83. The highest BCUT2D eigenvalue weighted by Crippen LogP contribution is 2.48. The highest BCUT2D eigenvalue weighted by molar-refractivity contribution is 6.32. The molecule has 4 rings (SSSR count). The first kappa shape index (κ1) is 17.9. The minimum Gasteiger partial charge on any atom is -0.489 e. The Morgan fingerprint density at radius 3 is 2.62 bits per heavy atom. The van der Waals surface area contributed by atoms with Gasteiger partial charge < -0.3 is 15.0 Å². The normalized spacial score (nSPS) is 26.4. The number of hydrogen-bond acceptors (Lipinski definition) is 3. The van der Waals surface area contributed by atoms with E-state index in [9.17, 15) is 4.79 Å². The van der Waals surface area contributed by atoms with Gasteiger partial charge in [-0.25, -0.2) is 0 Å². The highest BCUT2D eigenvalue weighted by Gasteiger charge is 2.47. The summed E-state index contributed by atoms with van der Waals surface area (Å²) in [5.74, 6) is 1.52. The van der Waals surface area contributed by atoms with Crippen LogP contribution in [0.2, 0.25) is 5.02 Å². The molecule has 0 aliphatic heterocycles. The molecule has 1 heterocycles. The summed E-state index contributed by atoms with van der Waals surface area (Å²) in [6, 6.07) is 6.00. The van der Waals surface area contributed by atoms with Gasteiger partial charge >= 0.3 is 0 Å². The lowest BCUT2D eigenvalue weighted by Gasteiger charge is -2.43. The van der Waals surface area contributed by atoms with Crippen LogP contribution in [0.5, 0.6) is 5.75 Å². The molecule has 2 aliphatic rings. The monoisotopic (exact) mass is 374 g/mol. The van der Waals surface area contributed by atoms with Crippen molar-refractivity contribution >= 4 is 22.4 Å². The van der Waals surface area contributed by atoms with E-state index >= 15 is 0 Å². The second-order valence-corrected chi connectivity index (χ2v) is 8.63. The zero-order chi connectivity index (χ0) is 18.3. The van der Waals surface area contributed by atoms with Crippen LogP contribution >= 0.6 is 11.6 Å². The number of ether oxygens (including phenoxy) is 1. The van der Waals surface area contributed by atoms with Crippen LogP contribution in [-0.2, 0) is 0 Å². The van der Waals surface area contributed by atoms with Crippen LogP contribution in [0.3, 0.4) is 0 Å². The van der Waals surface area contributed by atoms with Crippen LogP contribution in [0, 0.1) is 5.92 Å². The lowest BCUT2D eigenvalue weighted by molar-refractivity contribution is 0.0860. The minimum absolute atomic E-state index is 0.123. The average molecular weight is 375 g/mol. The maximum atomic E-state index is 11.9. The number of rotatable bonds is 5. The molecule has 0 amide bonds. The van der Waals surface area contributed by atoms with Crippen molar-refractivity contribution in [2.45, 2.75) is 70.1 Å². The number of hydrogen-bond donors (Lipinski definition) is 2. The third-order valence-corrected chi connectivity index (χ3v) is 6.17. The van der Waals surface area contributed by atoms with Crippen LogP contribution in [0.1, 0.15) is 52.4 Å². The first-order valence-corrected chi connectivity index (χ1v) is 10.1. The van der Waals surface area contributed by atoms with Gasteiger partial charge in [-0.05, 0) is 68.0 Å². The van der Waals surface area contributed by atoms with Crippen LogP contribution < -0.4 is 15.6 Å². The second-order valence-electron chi connectivity index (χ2n) is 8.22. The molecule has 4 nitrogen and oxygen atoms in total. The van der Waals surface area contributed by atoms with Crippen molar-refractivity contribution in [1.82, 2.24) is 10.3 Å². The highest BCUT2D eigenvalue weighted by atomic mass is 35.5. The largest absolute Gasteiger partial charge is 0.489 e. The van der Waals surface area contributed by atoms with Gasteiger partial charge in [0, 0.05) is 23.2 Å². The van der Waals surface area contributed by atoms with Crippen molar-refractivity contribution in [3.8, 4) is 5.75 Å². The Morgan fingerprint density at radius 1 is 1.23 bits per heavy atom. The fourth-order valence-electron chi connectivity index (χ4n) is 4.56. The summed E-state index contributed by atoms with van der Waals surface area (Å²) in [6.07, 6.45) is 8.96. The number of aromatic amines is 1. The molecule has 0 unspecified atom stereocenters. The summed E-state index contributed by atoms with van der Waals surface area (Å²) in [4.78, 5) is 14.6. The van der Waals surface area contributed by atoms with E-state index < -0.39 is 0 Å². The van der Waals surface area contributed by atoms with Gasteiger partial charge in [-0.2, -0.15) is 0 Å². The molecule has 0 radical (unpaired) electrons. The number of nitrogens with one attached hydrogen (secondary N) is 2. The van der Waals surface area contributed by atoms with Crippen LogP contribution in [0.25, 0.3) is 10.8 Å². The average Bonchev–Trinajstić information content (AvgIpc) is 3.43. The maximum absolute atomic E-state index is 11.9. The molecule has 0 spiro atoms. The minimum atomic E-state index is -0.123. The van der Waals surface area contributed by atoms with E-state index in [-0.39, 0.29) is 11.7 Å². The quantitative estimate of drug-likeness (QED) is 0.800. The molecule has 2 saturated carbocycles. The number of aromatic nitrogens is 1. The predicted octanol–water partition coefficient (Wildman–Crippen LogP) is 4.65.